The maximum atomic E-state index is 11.6. The minimum absolute atomic E-state index is 0.0929. The Morgan fingerprint density at radius 2 is 1.94 bits per heavy atom. The molecule has 1 saturated heterocycles. The Morgan fingerprint density at radius 1 is 1.16 bits per heavy atom. The third-order valence-corrected chi connectivity index (χ3v) is 7.48. The first-order valence-corrected chi connectivity index (χ1v) is 11.6. The van der Waals surface area contributed by atoms with Crippen molar-refractivity contribution < 1.29 is 14.6 Å². The number of nitrogens with zero attached hydrogens (tertiary/aromatic N) is 3. The van der Waals surface area contributed by atoms with Crippen LogP contribution in [-0.2, 0) is 16.0 Å². The van der Waals surface area contributed by atoms with Gasteiger partial charge in [-0.05, 0) is 56.9 Å². The fraction of sp³-hybridized carbons (Fsp3) is 0.560. The molecule has 3 heterocycles. The maximum Gasteiger partial charge on any atom is 0.135 e. The Labute approximate surface area is 190 Å². The summed E-state index contributed by atoms with van der Waals surface area (Å²) in [6, 6.07) is 10.5. The molecule has 5 rings (SSSR count). The fourth-order valence-corrected chi connectivity index (χ4v) is 5.32. The van der Waals surface area contributed by atoms with Gasteiger partial charge in [0.25, 0.3) is 0 Å². The van der Waals surface area contributed by atoms with Crippen molar-refractivity contribution in [2.45, 2.75) is 57.1 Å². The lowest BCUT2D eigenvalue weighted by molar-refractivity contribution is -0.0167. The second kappa shape index (κ2) is 8.54. The van der Waals surface area contributed by atoms with Crippen LogP contribution in [0.1, 0.15) is 38.2 Å². The summed E-state index contributed by atoms with van der Waals surface area (Å²) < 4.78 is 11.2. The monoisotopic (exact) mass is 438 g/mol. The molecule has 2 N–H and O–H groups in total. The molecule has 1 saturated carbocycles. The van der Waals surface area contributed by atoms with Gasteiger partial charge in [0.05, 0.1) is 23.1 Å². The smallest absolute Gasteiger partial charge is 0.135 e. The van der Waals surface area contributed by atoms with Gasteiger partial charge in [-0.2, -0.15) is 0 Å². The maximum absolute atomic E-state index is 11.6. The first-order valence-electron chi connectivity index (χ1n) is 11.6. The van der Waals surface area contributed by atoms with Crippen LogP contribution in [-0.4, -0.2) is 55.3 Å². The number of hydrogen-bond donors (Lipinski definition) is 2. The summed E-state index contributed by atoms with van der Waals surface area (Å²) in [5.74, 6) is 1.08. The van der Waals surface area contributed by atoms with Crippen LogP contribution in [0.15, 0.2) is 36.5 Å². The molecule has 32 heavy (non-hydrogen) atoms. The van der Waals surface area contributed by atoms with Gasteiger partial charge in [-0.1, -0.05) is 6.07 Å². The SMILES string of the molecule is COC1CCC(C(O)N2Cc3cccnc3Nc3ccc(N4CC(C)(OC)C4)cc32)CC1. The number of methoxy groups -OCH3 is 2. The van der Waals surface area contributed by atoms with Crippen LogP contribution >= 0.6 is 0 Å². The quantitative estimate of drug-likeness (QED) is 0.734. The lowest BCUT2D eigenvalue weighted by Gasteiger charge is -2.48. The number of aliphatic hydroxyl groups excluding tert-OH is 1. The molecule has 2 aromatic rings. The summed E-state index contributed by atoms with van der Waals surface area (Å²) in [4.78, 5) is 9.04. The molecule has 7 heteroatoms. The van der Waals surface area contributed by atoms with Crippen LogP contribution in [0, 0.1) is 5.92 Å². The van der Waals surface area contributed by atoms with Crippen molar-refractivity contribution >= 4 is 22.9 Å². The number of hydrogen-bond acceptors (Lipinski definition) is 7. The zero-order valence-electron chi connectivity index (χ0n) is 19.3. The molecule has 0 amide bonds. The average Bonchev–Trinajstić information content (AvgIpc) is 2.98. The van der Waals surface area contributed by atoms with Crippen LogP contribution in [0.2, 0.25) is 0 Å². The van der Waals surface area contributed by atoms with E-state index in [1.807, 2.05) is 12.3 Å². The van der Waals surface area contributed by atoms with E-state index in [2.05, 4.69) is 51.3 Å². The summed E-state index contributed by atoms with van der Waals surface area (Å²) in [7, 11) is 3.56. The van der Waals surface area contributed by atoms with Crippen molar-refractivity contribution in [3.8, 4) is 0 Å². The molecule has 0 radical (unpaired) electrons. The van der Waals surface area contributed by atoms with Gasteiger partial charge in [-0.15, -0.1) is 0 Å². The highest BCUT2D eigenvalue weighted by atomic mass is 16.5. The minimum Gasteiger partial charge on any atom is -0.381 e. The van der Waals surface area contributed by atoms with Gasteiger partial charge in [0.1, 0.15) is 12.0 Å². The molecule has 1 aromatic carbocycles. The van der Waals surface area contributed by atoms with E-state index in [1.54, 1.807) is 14.2 Å². The van der Waals surface area contributed by atoms with E-state index in [0.717, 1.165) is 67.2 Å². The van der Waals surface area contributed by atoms with E-state index in [9.17, 15) is 5.11 Å². The Hall–Kier alpha value is -2.35. The highest BCUT2D eigenvalue weighted by molar-refractivity contribution is 5.81. The number of rotatable bonds is 5. The fourth-order valence-electron chi connectivity index (χ4n) is 5.32. The Morgan fingerprint density at radius 3 is 2.66 bits per heavy atom. The molecule has 7 nitrogen and oxygen atoms in total. The summed E-state index contributed by atoms with van der Waals surface area (Å²) in [5.41, 5.74) is 4.15. The number of anilines is 4. The summed E-state index contributed by atoms with van der Waals surface area (Å²) in [6.07, 6.45) is 5.50. The summed E-state index contributed by atoms with van der Waals surface area (Å²) >= 11 is 0. The zero-order chi connectivity index (χ0) is 22.3. The van der Waals surface area contributed by atoms with E-state index in [4.69, 9.17) is 9.47 Å². The Bertz CT molecular complexity index is 954. The number of fused-ring (bicyclic) bond motifs is 2. The second-order valence-corrected chi connectivity index (χ2v) is 9.66. The summed E-state index contributed by atoms with van der Waals surface area (Å²) in [6.45, 7) is 4.49. The van der Waals surface area contributed by atoms with Gasteiger partial charge in [0.2, 0.25) is 0 Å². The van der Waals surface area contributed by atoms with Crippen molar-refractivity contribution in [1.82, 2.24) is 4.98 Å². The van der Waals surface area contributed by atoms with Crippen LogP contribution in [0.25, 0.3) is 0 Å². The molecule has 0 bridgehead atoms. The zero-order valence-corrected chi connectivity index (χ0v) is 19.3. The van der Waals surface area contributed by atoms with Gasteiger partial charge in [-0.25, -0.2) is 4.98 Å². The lowest BCUT2D eigenvalue weighted by atomic mass is 9.85. The highest BCUT2D eigenvalue weighted by Gasteiger charge is 2.40. The molecule has 2 aliphatic heterocycles. The predicted octanol–water partition coefficient (Wildman–Crippen LogP) is 3.89. The van der Waals surface area contributed by atoms with E-state index in [0.29, 0.717) is 12.6 Å². The molecule has 172 valence electrons. The lowest BCUT2D eigenvalue weighted by Crippen LogP contribution is -2.61. The number of benzene rings is 1. The van der Waals surface area contributed by atoms with Gasteiger partial charge >= 0.3 is 0 Å². The van der Waals surface area contributed by atoms with Crippen LogP contribution in [0.4, 0.5) is 22.9 Å². The number of nitrogens with one attached hydrogen (secondary N) is 1. The van der Waals surface area contributed by atoms with Crippen molar-refractivity contribution in [2.24, 2.45) is 5.92 Å². The molecule has 1 unspecified atom stereocenters. The Balaban J connectivity index is 1.46. The van der Waals surface area contributed by atoms with Crippen molar-refractivity contribution in [2.75, 3.05) is 42.4 Å². The first-order chi connectivity index (χ1) is 15.5. The van der Waals surface area contributed by atoms with E-state index < -0.39 is 6.23 Å². The molecule has 1 atom stereocenters. The standard InChI is InChI=1S/C25H34N4O3/c1-25(32-3)15-28(16-25)19-8-11-21-22(13-19)29(14-18-5-4-12-26-23(18)27-21)24(30)17-6-9-20(31-2)10-7-17/h4-5,8,11-13,17,20,24,30H,6-7,9-10,14-16H2,1-3H3,(H,26,27). The molecular weight excluding hydrogens is 404 g/mol. The van der Waals surface area contributed by atoms with Gasteiger partial charge in [-0.3, -0.25) is 0 Å². The van der Waals surface area contributed by atoms with Crippen molar-refractivity contribution in [3.05, 3.63) is 42.1 Å². The van der Waals surface area contributed by atoms with E-state index in [1.165, 1.54) is 0 Å². The number of ether oxygens (including phenoxy) is 2. The van der Waals surface area contributed by atoms with Crippen LogP contribution < -0.4 is 15.1 Å². The molecule has 1 aliphatic carbocycles. The summed E-state index contributed by atoms with van der Waals surface area (Å²) in [5, 5.41) is 15.1. The Kier molecular flexibility index (Phi) is 5.73. The largest absolute Gasteiger partial charge is 0.381 e. The molecular formula is C25H34N4O3. The number of aliphatic hydroxyl groups is 1. The molecule has 1 aromatic heterocycles. The molecule has 2 fully saturated rings. The average molecular weight is 439 g/mol. The van der Waals surface area contributed by atoms with Crippen LogP contribution in [0.3, 0.4) is 0 Å². The van der Waals surface area contributed by atoms with Gasteiger partial charge in [0.15, 0.2) is 0 Å². The van der Waals surface area contributed by atoms with Crippen LogP contribution in [0.5, 0.6) is 0 Å². The normalized spacial score (nSPS) is 25.1. The van der Waals surface area contributed by atoms with Gasteiger partial charge < -0.3 is 29.7 Å². The topological polar surface area (TPSA) is 70.1 Å². The molecule has 3 aliphatic rings. The van der Waals surface area contributed by atoms with Crippen molar-refractivity contribution in [1.29, 1.82) is 0 Å². The highest BCUT2D eigenvalue weighted by Crippen LogP contribution is 2.42. The number of pyridine rings is 1. The first kappa shape index (κ1) is 21.5. The van der Waals surface area contributed by atoms with E-state index in [-0.39, 0.29) is 11.5 Å². The predicted molar refractivity (Wildman–Crippen MR) is 127 cm³/mol. The number of aromatic nitrogens is 1. The van der Waals surface area contributed by atoms with Gasteiger partial charge in [0, 0.05) is 57.2 Å². The third kappa shape index (κ3) is 3.93. The third-order valence-electron chi connectivity index (χ3n) is 7.48. The van der Waals surface area contributed by atoms with Crippen molar-refractivity contribution in [3.63, 3.8) is 0 Å². The van der Waals surface area contributed by atoms with E-state index >= 15 is 0 Å². The minimum atomic E-state index is -0.560. The molecule has 0 spiro atoms. The second-order valence-electron chi connectivity index (χ2n) is 9.66.